The molecule has 0 aliphatic carbocycles. The molecule has 3 aromatic carbocycles. The standard InChI is InChI=1S/C22H15IO3/c23-19-8-4-5-9-20(19)24-14-18-13-22-21(25-15-26-22)12-17(18)11-10-16-6-2-1-3-7-16/h1-9,12-13H,14-15H2. The number of rotatable bonds is 3. The minimum atomic E-state index is 0.238. The van der Waals surface area contributed by atoms with Gasteiger partial charge >= 0.3 is 0 Å². The molecule has 0 spiro atoms. The van der Waals surface area contributed by atoms with Crippen molar-refractivity contribution in [1.29, 1.82) is 0 Å². The van der Waals surface area contributed by atoms with Gasteiger partial charge < -0.3 is 14.2 Å². The van der Waals surface area contributed by atoms with E-state index in [4.69, 9.17) is 14.2 Å². The molecule has 4 heteroatoms. The Balaban J connectivity index is 1.64. The summed E-state index contributed by atoms with van der Waals surface area (Å²) in [7, 11) is 0. The van der Waals surface area contributed by atoms with Gasteiger partial charge in [-0.2, -0.15) is 0 Å². The lowest BCUT2D eigenvalue weighted by molar-refractivity contribution is 0.174. The second kappa shape index (κ2) is 7.71. The van der Waals surface area contributed by atoms with Crippen molar-refractivity contribution in [3.63, 3.8) is 0 Å². The molecule has 0 bridgehead atoms. The van der Waals surface area contributed by atoms with Crippen molar-refractivity contribution >= 4 is 22.6 Å². The van der Waals surface area contributed by atoms with Crippen LogP contribution in [0.2, 0.25) is 0 Å². The summed E-state index contributed by atoms with van der Waals surface area (Å²) in [5.74, 6) is 8.75. The first-order valence-electron chi connectivity index (χ1n) is 8.16. The summed E-state index contributed by atoms with van der Waals surface area (Å²) in [6.45, 7) is 0.650. The van der Waals surface area contributed by atoms with Crippen LogP contribution in [0.3, 0.4) is 0 Å². The quantitative estimate of drug-likeness (QED) is 0.412. The van der Waals surface area contributed by atoms with Crippen LogP contribution in [0.5, 0.6) is 17.2 Å². The number of fused-ring (bicyclic) bond motifs is 1. The Morgan fingerprint density at radius 2 is 1.62 bits per heavy atom. The molecule has 0 atom stereocenters. The zero-order valence-corrected chi connectivity index (χ0v) is 16.0. The molecular weight excluding hydrogens is 439 g/mol. The van der Waals surface area contributed by atoms with Crippen molar-refractivity contribution in [2.24, 2.45) is 0 Å². The van der Waals surface area contributed by atoms with Crippen LogP contribution in [-0.2, 0) is 6.61 Å². The Kier molecular flexibility index (Phi) is 4.98. The molecule has 0 unspecified atom stereocenters. The van der Waals surface area contributed by atoms with E-state index in [2.05, 4.69) is 34.4 Å². The van der Waals surface area contributed by atoms with Crippen molar-refractivity contribution in [2.75, 3.05) is 6.79 Å². The molecule has 0 radical (unpaired) electrons. The molecule has 3 nitrogen and oxygen atoms in total. The van der Waals surface area contributed by atoms with Crippen LogP contribution in [0.15, 0.2) is 66.7 Å². The predicted octanol–water partition coefficient (Wildman–Crippen LogP) is 5.00. The van der Waals surface area contributed by atoms with Crippen LogP contribution >= 0.6 is 22.6 Å². The van der Waals surface area contributed by atoms with Gasteiger partial charge in [0.25, 0.3) is 0 Å². The highest BCUT2D eigenvalue weighted by Gasteiger charge is 2.17. The van der Waals surface area contributed by atoms with Crippen LogP contribution in [0, 0.1) is 15.4 Å². The third kappa shape index (κ3) is 3.78. The van der Waals surface area contributed by atoms with Gasteiger partial charge in [-0.15, -0.1) is 0 Å². The molecular formula is C22H15IO3. The predicted molar refractivity (Wildman–Crippen MR) is 108 cm³/mol. The fourth-order valence-corrected chi connectivity index (χ4v) is 3.14. The maximum absolute atomic E-state index is 6.00. The van der Waals surface area contributed by atoms with Gasteiger partial charge in [-0.3, -0.25) is 0 Å². The topological polar surface area (TPSA) is 27.7 Å². The Labute approximate surface area is 166 Å². The van der Waals surface area contributed by atoms with E-state index in [1.165, 1.54) is 0 Å². The minimum absolute atomic E-state index is 0.238. The van der Waals surface area contributed by atoms with Crippen LogP contribution in [-0.4, -0.2) is 6.79 Å². The van der Waals surface area contributed by atoms with Crippen molar-refractivity contribution in [1.82, 2.24) is 0 Å². The summed E-state index contributed by atoms with van der Waals surface area (Å²) in [4.78, 5) is 0. The largest absolute Gasteiger partial charge is 0.488 e. The molecule has 0 aromatic heterocycles. The molecule has 0 fully saturated rings. The molecule has 1 heterocycles. The van der Waals surface area contributed by atoms with E-state index in [0.717, 1.165) is 37.5 Å². The van der Waals surface area contributed by atoms with Gasteiger partial charge in [0.2, 0.25) is 6.79 Å². The third-order valence-electron chi connectivity index (χ3n) is 3.93. The first-order valence-corrected chi connectivity index (χ1v) is 9.24. The molecule has 0 saturated carbocycles. The van der Waals surface area contributed by atoms with Crippen LogP contribution in [0.1, 0.15) is 16.7 Å². The number of ether oxygens (including phenoxy) is 3. The average Bonchev–Trinajstić information content (AvgIpc) is 3.13. The van der Waals surface area contributed by atoms with Crippen molar-refractivity contribution in [3.05, 3.63) is 87.0 Å². The highest BCUT2D eigenvalue weighted by Crippen LogP contribution is 2.35. The van der Waals surface area contributed by atoms with Crippen molar-refractivity contribution in [2.45, 2.75) is 6.61 Å². The Bertz CT molecular complexity index is 987. The molecule has 1 aliphatic heterocycles. The molecule has 0 amide bonds. The van der Waals surface area contributed by atoms with E-state index in [1.54, 1.807) is 0 Å². The minimum Gasteiger partial charge on any atom is -0.488 e. The van der Waals surface area contributed by atoms with E-state index in [-0.39, 0.29) is 6.79 Å². The van der Waals surface area contributed by atoms with Crippen molar-refractivity contribution < 1.29 is 14.2 Å². The second-order valence-corrected chi connectivity index (χ2v) is 6.86. The first kappa shape index (κ1) is 16.8. The van der Waals surface area contributed by atoms with E-state index >= 15 is 0 Å². The highest BCUT2D eigenvalue weighted by atomic mass is 127. The number of hydrogen-bond donors (Lipinski definition) is 0. The fraction of sp³-hybridized carbons (Fsp3) is 0.0909. The van der Waals surface area contributed by atoms with Gasteiger partial charge in [-0.1, -0.05) is 42.2 Å². The SMILES string of the molecule is Ic1ccccc1OCc1cc2c(cc1C#Cc1ccccc1)OCO2. The molecule has 128 valence electrons. The molecule has 3 aromatic rings. The Morgan fingerprint density at radius 3 is 2.42 bits per heavy atom. The van der Waals surface area contributed by atoms with Gasteiger partial charge in [-0.05, 0) is 52.9 Å². The summed E-state index contributed by atoms with van der Waals surface area (Å²) in [5.41, 5.74) is 2.82. The van der Waals surface area contributed by atoms with Gasteiger partial charge in [0, 0.05) is 22.8 Å². The first-order chi connectivity index (χ1) is 12.8. The fourth-order valence-electron chi connectivity index (χ4n) is 2.60. The number of para-hydroxylation sites is 1. The number of benzene rings is 3. The monoisotopic (exact) mass is 454 g/mol. The van der Waals surface area contributed by atoms with E-state index in [9.17, 15) is 0 Å². The Hall–Kier alpha value is -2.65. The highest BCUT2D eigenvalue weighted by molar-refractivity contribution is 14.1. The summed E-state index contributed by atoms with van der Waals surface area (Å²) in [6.07, 6.45) is 0. The number of hydrogen-bond acceptors (Lipinski definition) is 3. The van der Waals surface area contributed by atoms with Crippen molar-refractivity contribution in [3.8, 4) is 29.1 Å². The van der Waals surface area contributed by atoms with Crippen LogP contribution in [0.4, 0.5) is 0 Å². The van der Waals surface area contributed by atoms with E-state index in [1.807, 2.05) is 66.7 Å². The molecule has 0 N–H and O–H groups in total. The van der Waals surface area contributed by atoms with Gasteiger partial charge in [0.1, 0.15) is 12.4 Å². The smallest absolute Gasteiger partial charge is 0.231 e. The molecule has 0 saturated heterocycles. The normalized spacial score (nSPS) is 11.6. The van der Waals surface area contributed by atoms with Gasteiger partial charge in [0.05, 0.1) is 3.57 Å². The summed E-state index contributed by atoms with van der Waals surface area (Å²) in [5, 5.41) is 0. The maximum Gasteiger partial charge on any atom is 0.231 e. The lowest BCUT2D eigenvalue weighted by Gasteiger charge is -2.10. The van der Waals surface area contributed by atoms with Crippen LogP contribution < -0.4 is 14.2 Å². The zero-order chi connectivity index (χ0) is 17.8. The van der Waals surface area contributed by atoms with E-state index in [0.29, 0.717) is 6.61 Å². The lowest BCUT2D eigenvalue weighted by atomic mass is 10.1. The summed E-state index contributed by atoms with van der Waals surface area (Å²) in [6, 6.07) is 21.7. The number of halogens is 1. The molecule has 4 rings (SSSR count). The van der Waals surface area contributed by atoms with E-state index < -0.39 is 0 Å². The van der Waals surface area contributed by atoms with Crippen LogP contribution in [0.25, 0.3) is 0 Å². The second-order valence-electron chi connectivity index (χ2n) is 5.70. The molecule has 26 heavy (non-hydrogen) atoms. The summed E-state index contributed by atoms with van der Waals surface area (Å²) >= 11 is 2.27. The molecule has 1 aliphatic rings. The van der Waals surface area contributed by atoms with Gasteiger partial charge in [0.15, 0.2) is 11.5 Å². The third-order valence-corrected chi connectivity index (χ3v) is 4.82. The van der Waals surface area contributed by atoms with Gasteiger partial charge in [-0.25, -0.2) is 0 Å². The maximum atomic E-state index is 6.00. The lowest BCUT2D eigenvalue weighted by Crippen LogP contribution is -2.00. The summed E-state index contributed by atoms with van der Waals surface area (Å²) < 4.78 is 18.1. The average molecular weight is 454 g/mol. The zero-order valence-electron chi connectivity index (χ0n) is 13.9. The Morgan fingerprint density at radius 1 is 0.885 bits per heavy atom.